The fourth-order valence-electron chi connectivity index (χ4n) is 0.992. The molecule has 1 unspecified atom stereocenters. The maximum Gasteiger partial charge on any atom is 0.428 e. The molecule has 0 bridgehead atoms. The molecule has 1 atom stereocenters. The lowest BCUT2D eigenvalue weighted by molar-refractivity contribution is -0.392. The van der Waals surface area contributed by atoms with E-state index in [0.717, 1.165) is 0 Å². The zero-order valence-corrected chi connectivity index (χ0v) is 7.91. The molecule has 92 valence electrons. The van der Waals surface area contributed by atoms with E-state index < -0.39 is 24.1 Å². The van der Waals surface area contributed by atoms with Crippen molar-refractivity contribution >= 4 is 0 Å². The Kier molecular flexibility index (Phi) is 4.03. The van der Waals surface area contributed by atoms with E-state index in [1.165, 1.54) is 6.92 Å². The van der Waals surface area contributed by atoms with Gasteiger partial charge in [0.25, 0.3) is 5.60 Å². The molecule has 0 spiro atoms. The third-order valence-corrected chi connectivity index (χ3v) is 1.87. The molecule has 8 heteroatoms. The molecular weight excluding hydrogens is 230 g/mol. The lowest BCUT2D eigenvalue weighted by Gasteiger charge is -2.36. The number of aliphatic hydroxyl groups is 1. The van der Waals surface area contributed by atoms with Crippen LogP contribution in [0, 0.1) is 0 Å². The maximum absolute atomic E-state index is 12.1. The summed E-state index contributed by atoms with van der Waals surface area (Å²) >= 11 is 0. The molecule has 0 radical (unpaired) electrons. The molecule has 0 heterocycles. The van der Waals surface area contributed by atoms with Crippen molar-refractivity contribution in [2.24, 2.45) is 0 Å². The van der Waals surface area contributed by atoms with Gasteiger partial charge in [0.15, 0.2) is 0 Å². The lowest BCUT2D eigenvalue weighted by Crippen LogP contribution is -2.64. The molecule has 1 N–H and O–H groups in total. The van der Waals surface area contributed by atoms with Gasteiger partial charge in [-0.3, -0.25) is 0 Å². The minimum Gasteiger partial charge on any atom is -0.375 e. The normalized spacial score (nSPS) is 16.6. The fraction of sp³-hybridized carbons (Fsp3) is 1.00. The highest BCUT2D eigenvalue weighted by Crippen LogP contribution is 2.45. The van der Waals surface area contributed by atoms with Crippen LogP contribution < -0.4 is 0 Å². The van der Waals surface area contributed by atoms with E-state index in [-0.39, 0.29) is 6.61 Å². The maximum atomic E-state index is 12.1. The van der Waals surface area contributed by atoms with E-state index >= 15 is 0 Å². The molecule has 0 aromatic heterocycles. The van der Waals surface area contributed by atoms with E-state index in [1.54, 1.807) is 0 Å². The van der Waals surface area contributed by atoms with Crippen molar-refractivity contribution in [3.8, 4) is 0 Å². The predicted octanol–water partition coefficient (Wildman–Crippen LogP) is 2.27. The van der Waals surface area contributed by atoms with E-state index in [0.29, 0.717) is 6.92 Å². The Hall–Kier alpha value is -0.500. The molecule has 0 amide bonds. The van der Waals surface area contributed by atoms with Gasteiger partial charge in [-0.25, -0.2) is 0 Å². The lowest BCUT2D eigenvalue weighted by atomic mass is 9.96. The molecule has 0 rings (SSSR count). The molecule has 15 heavy (non-hydrogen) atoms. The molecule has 0 aliphatic rings. The van der Waals surface area contributed by atoms with E-state index in [2.05, 4.69) is 4.74 Å². The van der Waals surface area contributed by atoms with Crippen LogP contribution in [0.2, 0.25) is 0 Å². The van der Waals surface area contributed by atoms with Gasteiger partial charge < -0.3 is 9.84 Å². The summed E-state index contributed by atoms with van der Waals surface area (Å²) in [4.78, 5) is 0. The first kappa shape index (κ1) is 14.5. The molecule has 0 aliphatic carbocycles. The first-order valence-corrected chi connectivity index (χ1v) is 3.96. The average molecular weight is 240 g/mol. The quantitative estimate of drug-likeness (QED) is 0.767. The van der Waals surface area contributed by atoms with Crippen molar-refractivity contribution in [2.75, 3.05) is 6.61 Å². The number of alkyl halides is 6. The van der Waals surface area contributed by atoms with Gasteiger partial charge in [-0.1, -0.05) is 0 Å². The highest BCUT2D eigenvalue weighted by Gasteiger charge is 2.73. The first-order valence-electron chi connectivity index (χ1n) is 3.96. The summed E-state index contributed by atoms with van der Waals surface area (Å²) in [6.07, 6.45) is -14.1. The minimum absolute atomic E-state index is 0.365. The predicted molar refractivity (Wildman–Crippen MR) is 38.1 cm³/mol. The van der Waals surface area contributed by atoms with Crippen LogP contribution in [0.5, 0.6) is 0 Å². The smallest absolute Gasteiger partial charge is 0.375 e. The highest BCUT2D eigenvalue weighted by molar-refractivity contribution is 4.98. The van der Waals surface area contributed by atoms with Crippen LogP contribution in [0.4, 0.5) is 26.3 Å². The zero-order valence-electron chi connectivity index (χ0n) is 7.91. The van der Waals surface area contributed by atoms with Gasteiger partial charge in [0.1, 0.15) is 6.10 Å². The van der Waals surface area contributed by atoms with E-state index in [1.807, 2.05) is 0 Å². The van der Waals surface area contributed by atoms with Gasteiger partial charge in [0, 0.05) is 6.61 Å². The molecule has 0 saturated carbocycles. The molecule has 0 aromatic rings. The molecule has 0 aromatic carbocycles. The summed E-state index contributed by atoms with van der Waals surface area (Å²) in [5.74, 6) is 0. The third-order valence-electron chi connectivity index (χ3n) is 1.87. The second kappa shape index (κ2) is 4.17. The van der Waals surface area contributed by atoms with E-state index in [4.69, 9.17) is 5.11 Å². The molecule has 0 fully saturated rings. The van der Waals surface area contributed by atoms with Crippen LogP contribution in [-0.4, -0.2) is 35.8 Å². The number of hydrogen-bond donors (Lipinski definition) is 1. The molecule has 0 aliphatic heterocycles. The number of halogens is 6. The monoisotopic (exact) mass is 240 g/mol. The molecular formula is C7H10F6O2. The van der Waals surface area contributed by atoms with Crippen molar-refractivity contribution < 1.29 is 36.2 Å². The summed E-state index contributed by atoms with van der Waals surface area (Å²) in [6.45, 7) is 1.38. The van der Waals surface area contributed by atoms with Crippen molar-refractivity contribution in [3.63, 3.8) is 0 Å². The Balaban J connectivity index is 5.23. The average Bonchev–Trinajstić information content (AvgIpc) is 1.99. The zero-order chi connectivity index (χ0) is 12.5. The summed E-state index contributed by atoms with van der Waals surface area (Å²) in [7, 11) is 0. The number of hydrogen-bond acceptors (Lipinski definition) is 2. The Morgan fingerprint density at radius 3 is 1.60 bits per heavy atom. The molecule has 0 saturated heterocycles. The first-order chi connectivity index (χ1) is 6.48. The summed E-state index contributed by atoms with van der Waals surface area (Å²) in [5, 5.41) is 8.71. The van der Waals surface area contributed by atoms with Crippen LogP contribution >= 0.6 is 0 Å². The van der Waals surface area contributed by atoms with Crippen molar-refractivity contribution in [2.45, 2.75) is 37.9 Å². The summed E-state index contributed by atoms with van der Waals surface area (Å²) in [6, 6.07) is 0. The summed E-state index contributed by atoms with van der Waals surface area (Å²) in [5.41, 5.74) is -4.84. The largest absolute Gasteiger partial charge is 0.428 e. The van der Waals surface area contributed by atoms with Crippen LogP contribution in [0.3, 0.4) is 0 Å². The van der Waals surface area contributed by atoms with Gasteiger partial charge in [-0.2, -0.15) is 26.3 Å². The second-order valence-corrected chi connectivity index (χ2v) is 2.86. The Bertz CT molecular complexity index is 195. The SMILES string of the molecule is CCOC(C)C(O)(C(F)(F)F)C(F)(F)F. The van der Waals surface area contributed by atoms with Gasteiger partial charge in [0.05, 0.1) is 0 Å². The van der Waals surface area contributed by atoms with Gasteiger partial charge in [-0.05, 0) is 13.8 Å². The Morgan fingerprint density at radius 2 is 1.40 bits per heavy atom. The van der Waals surface area contributed by atoms with Crippen LogP contribution in [0.15, 0.2) is 0 Å². The van der Waals surface area contributed by atoms with Gasteiger partial charge >= 0.3 is 12.4 Å². The Labute approximate surface area is 81.8 Å². The van der Waals surface area contributed by atoms with Crippen molar-refractivity contribution in [3.05, 3.63) is 0 Å². The highest BCUT2D eigenvalue weighted by atomic mass is 19.4. The topological polar surface area (TPSA) is 29.5 Å². The standard InChI is InChI=1S/C7H10F6O2/c1-3-15-4(2)5(14,6(8,9)10)7(11,12)13/h4,14H,3H2,1-2H3. The van der Waals surface area contributed by atoms with Crippen molar-refractivity contribution in [1.82, 2.24) is 0 Å². The third kappa shape index (κ3) is 2.54. The van der Waals surface area contributed by atoms with Gasteiger partial charge in [-0.15, -0.1) is 0 Å². The fourth-order valence-corrected chi connectivity index (χ4v) is 0.992. The van der Waals surface area contributed by atoms with Crippen LogP contribution in [0.1, 0.15) is 13.8 Å². The molecule has 2 nitrogen and oxygen atoms in total. The summed E-state index contributed by atoms with van der Waals surface area (Å²) < 4.78 is 76.9. The van der Waals surface area contributed by atoms with Crippen LogP contribution in [-0.2, 0) is 4.74 Å². The second-order valence-electron chi connectivity index (χ2n) is 2.86. The number of ether oxygens (including phenoxy) is 1. The van der Waals surface area contributed by atoms with E-state index in [9.17, 15) is 26.3 Å². The Morgan fingerprint density at radius 1 is 1.07 bits per heavy atom. The number of rotatable bonds is 3. The van der Waals surface area contributed by atoms with Crippen molar-refractivity contribution in [1.29, 1.82) is 0 Å². The van der Waals surface area contributed by atoms with Gasteiger partial charge in [0.2, 0.25) is 0 Å². The minimum atomic E-state index is -5.83. The van der Waals surface area contributed by atoms with Crippen LogP contribution in [0.25, 0.3) is 0 Å².